The number of hydrogen-bond donors (Lipinski definition) is 2. The number of nitrogens with one attached hydrogen (secondary N) is 1. The van der Waals surface area contributed by atoms with Gasteiger partial charge in [0.1, 0.15) is 5.92 Å². The predicted molar refractivity (Wildman–Crippen MR) is 60.4 cm³/mol. The molecule has 1 rings (SSSR count). The van der Waals surface area contributed by atoms with Crippen molar-refractivity contribution in [1.82, 2.24) is 10.3 Å². The van der Waals surface area contributed by atoms with Gasteiger partial charge in [0.2, 0.25) is 5.91 Å². The van der Waals surface area contributed by atoms with E-state index < -0.39 is 17.8 Å². The predicted octanol–water partition coefficient (Wildman–Crippen LogP) is 0.831. The van der Waals surface area contributed by atoms with E-state index in [2.05, 4.69) is 10.3 Å². The Bertz CT molecular complexity index is 389. The van der Waals surface area contributed by atoms with Crippen molar-refractivity contribution in [3.05, 3.63) is 16.1 Å². The van der Waals surface area contributed by atoms with Gasteiger partial charge in [-0.1, -0.05) is 0 Å². The summed E-state index contributed by atoms with van der Waals surface area (Å²) in [4.78, 5) is 26.0. The van der Waals surface area contributed by atoms with E-state index in [9.17, 15) is 9.59 Å². The van der Waals surface area contributed by atoms with Gasteiger partial charge in [-0.25, -0.2) is 4.98 Å². The van der Waals surface area contributed by atoms with E-state index >= 15 is 0 Å². The van der Waals surface area contributed by atoms with Crippen molar-refractivity contribution in [2.24, 2.45) is 5.92 Å². The number of carboxylic acids is 1. The molecular weight excluding hydrogens is 228 g/mol. The number of aliphatic carboxylic acids is 1. The molecule has 0 fully saturated rings. The molecular formula is C10H14N2O3S. The van der Waals surface area contributed by atoms with Crippen molar-refractivity contribution in [2.45, 2.75) is 20.3 Å². The highest BCUT2D eigenvalue weighted by atomic mass is 32.1. The molecule has 0 aromatic carbocycles. The van der Waals surface area contributed by atoms with Gasteiger partial charge in [-0.2, -0.15) is 0 Å². The summed E-state index contributed by atoms with van der Waals surface area (Å²) < 4.78 is 0. The second kappa shape index (κ2) is 5.60. The Morgan fingerprint density at radius 2 is 2.31 bits per heavy atom. The number of aryl methyl sites for hydroxylation is 1. The SMILES string of the molecule is Cc1csc(CCNC(=O)C(C)C(=O)O)n1. The zero-order valence-electron chi connectivity index (χ0n) is 9.19. The van der Waals surface area contributed by atoms with Gasteiger partial charge in [-0.05, 0) is 13.8 Å². The molecule has 88 valence electrons. The summed E-state index contributed by atoms with van der Waals surface area (Å²) in [7, 11) is 0. The highest BCUT2D eigenvalue weighted by Gasteiger charge is 2.19. The fraction of sp³-hybridized carbons (Fsp3) is 0.500. The Kier molecular flexibility index (Phi) is 4.42. The number of carboxylic acid groups (broad SMARTS) is 1. The van der Waals surface area contributed by atoms with Crippen molar-refractivity contribution in [3.8, 4) is 0 Å². The second-order valence-corrected chi connectivity index (χ2v) is 4.43. The lowest BCUT2D eigenvalue weighted by molar-refractivity contribution is -0.146. The van der Waals surface area contributed by atoms with Crippen molar-refractivity contribution in [3.63, 3.8) is 0 Å². The number of rotatable bonds is 5. The first-order valence-corrected chi connectivity index (χ1v) is 5.80. The van der Waals surface area contributed by atoms with Crippen LogP contribution in [-0.2, 0) is 16.0 Å². The van der Waals surface area contributed by atoms with Gasteiger partial charge in [0.15, 0.2) is 0 Å². The van der Waals surface area contributed by atoms with Gasteiger partial charge in [-0.3, -0.25) is 9.59 Å². The molecule has 16 heavy (non-hydrogen) atoms. The third-order valence-corrected chi connectivity index (χ3v) is 3.09. The number of aromatic nitrogens is 1. The first kappa shape index (κ1) is 12.6. The summed E-state index contributed by atoms with van der Waals surface area (Å²) in [5, 5.41) is 14.1. The maximum absolute atomic E-state index is 11.3. The number of thiazole rings is 1. The highest BCUT2D eigenvalue weighted by Crippen LogP contribution is 2.08. The minimum Gasteiger partial charge on any atom is -0.481 e. The normalized spacial score (nSPS) is 12.1. The van der Waals surface area contributed by atoms with Crippen molar-refractivity contribution in [2.75, 3.05) is 6.54 Å². The molecule has 1 aromatic rings. The van der Waals surface area contributed by atoms with Crippen LogP contribution in [0, 0.1) is 12.8 Å². The monoisotopic (exact) mass is 242 g/mol. The van der Waals surface area contributed by atoms with Crippen LogP contribution in [0.5, 0.6) is 0 Å². The van der Waals surface area contributed by atoms with E-state index in [1.807, 2.05) is 12.3 Å². The molecule has 2 N–H and O–H groups in total. The van der Waals surface area contributed by atoms with E-state index in [0.717, 1.165) is 10.7 Å². The van der Waals surface area contributed by atoms with Crippen LogP contribution in [0.25, 0.3) is 0 Å². The molecule has 1 aromatic heterocycles. The Balaban J connectivity index is 2.30. The van der Waals surface area contributed by atoms with E-state index in [1.165, 1.54) is 18.3 Å². The average Bonchev–Trinajstić information content (AvgIpc) is 2.62. The van der Waals surface area contributed by atoms with Crippen LogP contribution < -0.4 is 5.32 Å². The lowest BCUT2D eigenvalue weighted by Gasteiger charge is -2.06. The lowest BCUT2D eigenvalue weighted by Crippen LogP contribution is -2.34. The Labute approximate surface area is 97.5 Å². The van der Waals surface area contributed by atoms with E-state index in [-0.39, 0.29) is 0 Å². The van der Waals surface area contributed by atoms with Crippen LogP contribution in [0.4, 0.5) is 0 Å². The van der Waals surface area contributed by atoms with Crippen molar-refractivity contribution in [1.29, 1.82) is 0 Å². The summed E-state index contributed by atoms with van der Waals surface area (Å²) in [6.07, 6.45) is 0.636. The number of carbonyl (C=O) groups excluding carboxylic acids is 1. The van der Waals surface area contributed by atoms with Crippen molar-refractivity contribution < 1.29 is 14.7 Å². The number of amides is 1. The minimum atomic E-state index is -1.11. The first-order valence-electron chi connectivity index (χ1n) is 4.92. The van der Waals surface area contributed by atoms with Crippen molar-refractivity contribution >= 4 is 23.2 Å². The Hall–Kier alpha value is -1.43. The lowest BCUT2D eigenvalue weighted by atomic mass is 10.2. The molecule has 0 aliphatic heterocycles. The molecule has 1 amide bonds. The highest BCUT2D eigenvalue weighted by molar-refractivity contribution is 7.09. The number of carbonyl (C=O) groups is 2. The summed E-state index contributed by atoms with van der Waals surface area (Å²) in [5.74, 6) is -2.57. The van der Waals surface area contributed by atoms with E-state index in [4.69, 9.17) is 5.11 Å². The van der Waals surface area contributed by atoms with Crippen LogP contribution in [0.1, 0.15) is 17.6 Å². The van der Waals surface area contributed by atoms with Crippen LogP contribution in [0.3, 0.4) is 0 Å². The molecule has 0 radical (unpaired) electrons. The quantitative estimate of drug-likeness (QED) is 0.750. The number of hydrogen-bond acceptors (Lipinski definition) is 4. The third kappa shape index (κ3) is 3.62. The first-order chi connectivity index (χ1) is 7.50. The molecule has 1 unspecified atom stereocenters. The summed E-state index contributed by atoms with van der Waals surface area (Å²) >= 11 is 1.54. The molecule has 0 saturated heterocycles. The maximum atomic E-state index is 11.3. The zero-order chi connectivity index (χ0) is 12.1. The molecule has 5 nitrogen and oxygen atoms in total. The topological polar surface area (TPSA) is 79.3 Å². The molecule has 0 aliphatic carbocycles. The van der Waals surface area contributed by atoms with Crippen LogP contribution in [0.2, 0.25) is 0 Å². The maximum Gasteiger partial charge on any atom is 0.315 e. The van der Waals surface area contributed by atoms with Gasteiger partial charge in [0.05, 0.1) is 5.01 Å². The second-order valence-electron chi connectivity index (χ2n) is 3.48. The average molecular weight is 242 g/mol. The van der Waals surface area contributed by atoms with Crippen LogP contribution in [-0.4, -0.2) is 28.5 Å². The van der Waals surface area contributed by atoms with Gasteiger partial charge in [0, 0.05) is 24.0 Å². The summed E-state index contributed by atoms with van der Waals surface area (Å²) in [6, 6.07) is 0. The molecule has 0 aliphatic rings. The Morgan fingerprint density at radius 3 is 2.81 bits per heavy atom. The van der Waals surface area contributed by atoms with Gasteiger partial charge in [-0.15, -0.1) is 11.3 Å². The van der Waals surface area contributed by atoms with E-state index in [0.29, 0.717) is 13.0 Å². The van der Waals surface area contributed by atoms with Gasteiger partial charge < -0.3 is 10.4 Å². The fourth-order valence-corrected chi connectivity index (χ4v) is 1.85. The molecule has 1 heterocycles. The summed E-state index contributed by atoms with van der Waals surface area (Å²) in [6.45, 7) is 3.69. The van der Waals surface area contributed by atoms with Gasteiger partial charge in [0.25, 0.3) is 0 Å². The zero-order valence-corrected chi connectivity index (χ0v) is 10.0. The minimum absolute atomic E-state index is 0.420. The van der Waals surface area contributed by atoms with Gasteiger partial charge >= 0.3 is 5.97 Å². The number of nitrogens with zero attached hydrogens (tertiary/aromatic N) is 1. The largest absolute Gasteiger partial charge is 0.481 e. The van der Waals surface area contributed by atoms with Crippen LogP contribution >= 0.6 is 11.3 Å². The molecule has 0 bridgehead atoms. The Morgan fingerprint density at radius 1 is 1.62 bits per heavy atom. The molecule has 1 atom stereocenters. The fourth-order valence-electron chi connectivity index (χ4n) is 1.08. The van der Waals surface area contributed by atoms with Crippen LogP contribution in [0.15, 0.2) is 5.38 Å². The third-order valence-electron chi connectivity index (χ3n) is 2.07. The molecule has 0 saturated carbocycles. The smallest absolute Gasteiger partial charge is 0.315 e. The molecule has 6 heteroatoms. The standard InChI is InChI=1S/C10H14N2O3S/c1-6-5-16-8(12-6)3-4-11-9(13)7(2)10(14)15/h5,7H,3-4H2,1-2H3,(H,11,13)(H,14,15). The summed E-state index contributed by atoms with van der Waals surface area (Å²) in [5.41, 5.74) is 0.963. The molecule has 0 spiro atoms. The van der Waals surface area contributed by atoms with E-state index in [1.54, 1.807) is 0 Å².